The number of likely N-dealkylation sites (tertiary alicyclic amines) is 1. The Balaban J connectivity index is 1.30. The van der Waals surface area contributed by atoms with Crippen LogP contribution in [0.4, 0.5) is 4.79 Å². The van der Waals surface area contributed by atoms with Crippen molar-refractivity contribution in [2.45, 2.75) is 44.2 Å². The molecule has 1 saturated heterocycles. The van der Waals surface area contributed by atoms with Crippen molar-refractivity contribution in [3.63, 3.8) is 0 Å². The summed E-state index contributed by atoms with van der Waals surface area (Å²) in [4.78, 5) is 37.7. The number of carboxylic acid groups (broad SMARTS) is 1. The Kier molecular flexibility index (Phi) is 7.17. The third-order valence-electron chi connectivity index (χ3n) is 6.80. The molecule has 1 heterocycles. The molecule has 0 spiro atoms. The lowest BCUT2D eigenvalue weighted by atomic mass is 9.98. The number of aliphatic carboxylic acids is 1. The van der Waals surface area contributed by atoms with Crippen LogP contribution in [0, 0.1) is 5.92 Å². The molecule has 2 aromatic carbocycles. The van der Waals surface area contributed by atoms with Gasteiger partial charge in [0.25, 0.3) is 0 Å². The molecular formula is C26H30N2O6. The number of rotatable bonds is 8. The standard InChI is InChI=1S/C26H30N2O6/c1-2-16(11-24(30)28-14-17(29)12-23(28)25(31)32)13-27-26(33)34-15-22-20-9-5-3-7-18(20)19-8-4-6-10-21(19)22/h3-10,16-17,22-23,29H,2,11-15H2,1H3,(H,27,33)(H,31,32)/t16?,17-,23+/m1/s1. The van der Waals surface area contributed by atoms with Gasteiger partial charge in [0.15, 0.2) is 0 Å². The van der Waals surface area contributed by atoms with Crippen molar-refractivity contribution >= 4 is 18.0 Å². The van der Waals surface area contributed by atoms with Crippen LogP contribution in [0.25, 0.3) is 11.1 Å². The van der Waals surface area contributed by atoms with E-state index in [-0.39, 0.29) is 50.3 Å². The molecule has 3 N–H and O–H groups in total. The number of aliphatic hydroxyl groups is 1. The van der Waals surface area contributed by atoms with Crippen molar-refractivity contribution in [2.24, 2.45) is 5.92 Å². The smallest absolute Gasteiger partial charge is 0.407 e. The molecule has 34 heavy (non-hydrogen) atoms. The number of alkyl carbamates (subject to hydrolysis) is 1. The average Bonchev–Trinajstić information content (AvgIpc) is 3.38. The molecule has 0 radical (unpaired) electrons. The molecule has 1 aliphatic carbocycles. The monoisotopic (exact) mass is 466 g/mol. The molecule has 1 unspecified atom stereocenters. The van der Waals surface area contributed by atoms with Gasteiger partial charge in [-0.25, -0.2) is 9.59 Å². The highest BCUT2D eigenvalue weighted by molar-refractivity contribution is 5.84. The largest absolute Gasteiger partial charge is 0.480 e. The SMILES string of the molecule is CCC(CNC(=O)OCC1c2ccccc2-c2ccccc21)CC(=O)N1C[C@H](O)C[C@H]1C(=O)O. The van der Waals surface area contributed by atoms with E-state index in [9.17, 15) is 24.6 Å². The molecule has 180 valence electrons. The second-order valence-electron chi connectivity index (χ2n) is 8.97. The second-order valence-corrected chi connectivity index (χ2v) is 8.97. The summed E-state index contributed by atoms with van der Waals surface area (Å²) in [5.41, 5.74) is 4.58. The van der Waals surface area contributed by atoms with Gasteiger partial charge in [0, 0.05) is 31.8 Å². The van der Waals surface area contributed by atoms with Crippen molar-refractivity contribution in [3.8, 4) is 11.1 Å². The van der Waals surface area contributed by atoms with E-state index >= 15 is 0 Å². The number of aliphatic hydroxyl groups excluding tert-OH is 1. The zero-order valence-corrected chi connectivity index (χ0v) is 19.1. The Bertz CT molecular complexity index is 1030. The maximum atomic E-state index is 12.7. The Labute approximate surface area is 198 Å². The summed E-state index contributed by atoms with van der Waals surface area (Å²) in [5, 5.41) is 21.8. The van der Waals surface area contributed by atoms with Gasteiger partial charge in [-0.3, -0.25) is 4.79 Å². The number of carbonyl (C=O) groups is 3. The molecule has 2 aliphatic rings. The van der Waals surface area contributed by atoms with Crippen LogP contribution in [0.15, 0.2) is 48.5 Å². The summed E-state index contributed by atoms with van der Waals surface area (Å²) in [6, 6.07) is 15.2. The van der Waals surface area contributed by atoms with Gasteiger partial charge in [-0.05, 0) is 28.2 Å². The van der Waals surface area contributed by atoms with Crippen LogP contribution in [-0.4, -0.2) is 64.9 Å². The molecule has 1 fully saturated rings. The number of hydrogen-bond donors (Lipinski definition) is 3. The fraction of sp³-hybridized carbons (Fsp3) is 0.423. The highest BCUT2D eigenvalue weighted by Crippen LogP contribution is 2.44. The number of nitrogens with zero attached hydrogens (tertiary/aromatic N) is 1. The van der Waals surface area contributed by atoms with Crippen molar-refractivity contribution < 1.29 is 29.3 Å². The molecule has 2 amide bonds. The van der Waals surface area contributed by atoms with E-state index in [1.807, 2.05) is 31.2 Å². The summed E-state index contributed by atoms with van der Waals surface area (Å²) < 4.78 is 5.55. The highest BCUT2D eigenvalue weighted by atomic mass is 16.5. The maximum Gasteiger partial charge on any atom is 0.407 e. The van der Waals surface area contributed by atoms with Crippen LogP contribution in [0.1, 0.15) is 43.2 Å². The van der Waals surface area contributed by atoms with Gasteiger partial charge in [-0.1, -0.05) is 61.9 Å². The van der Waals surface area contributed by atoms with Crippen molar-refractivity contribution in [2.75, 3.05) is 19.7 Å². The molecule has 8 heteroatoms. The van der Waals surface area contributed by atoms with Crippen molar-refractivity contribution in [1.29, 1.82) is 0 Å². The second kappa shape index (κ2) is 10.3. The van der Waals surface area contributed by atoms with E-state index in [1.54, 1.807) is 0 Å². The Hall–Kier alpha value is -3.39. The summed E-state index contributed by atoms with van der Waals surface area (Å²) in [6.45, 7) is 2.38. The van der Waals surface area contributed by atoms with E-state index in [0.29, 0.717) is 6.42 Å². The van der Waals surface area contributed by atoms with E-state index in [0.717, 1.165) is 22.3 Å². The van der Waals surface area contributed by atoms with Crippen molar-refractivity contribution in [1.82, 2.24) is 10.2 Å². The van der Waals surface area contributed by atoms with Crippen LogP contribution >= 0.6 is 0 Å². The average molecular weight is 467 g/mol. The fourth-order valence-corrected chi connectivity index (χ4v) is 4.93. The number of benzene rings is 2. The number of ether oxygens (including phenoxy) is 1. The number of fused-ring (bicyclic) bond motifs is 3. The van der Waals surface area contributed by atoms with Gasteiger partial charge >= 0.3 is 12.1 Å². The summed E-state index contributed by atoms with van der Waals surface area (Å²) in [7, 11) is 0. The number of nitrogens with one attached hydrogen (secondary N) is 1. The zero-order chi connectivity index (χ0) is 24.2. The van der Waals surface area contributed by atoms with E-state index in [1.165, 1.54) is 4.90 Å². The van der Waals surface area contributed by atoms with Gasteiger partial charge in [-0.2, -0.15) is 0 Å². The minimum atomic E-state index is -1.12. The summed E-state index contributed by atoms with van der Waals surface area (Å²) >= 11 is 0. The number of amides is 2. The van der Waals surface area contributed by atoms with E-state index in [2.05, 4.69) is 29.6 Å². The molecule has 0 bridgehead atoms. The van der Waals surface area contributed by atoms with Crippen LogP contribution < -0.4 is 5.32 Å². The fourth-order valence-electron chi connectivity index (χ4n) is 4.93. The Morgan fingerprint density at radius 1 is 1.09 bits per heavy atom. The molecule has 2 aromatic rings. The van der Waals surface area contributed by atoms with Crippen LogP contribution in [0.3, 0.4) is 0 Å². The number of β-amino-alcohol motifs (C(OH)–C–C–N with tert-alkyl or cyclic N) is 1. The quantitative estimate of drug-likeness (QED) is 0.551. The van der Waals surface area contributed by atoms with Crippen LogP contribution in [-0.2, 0) is 14.3 Å². The van der Waals surface area contributed by atoms with Gasteiger partial charge in [0.1, 0.15) is 12.6 Å². The number of carboxylic acids is 1. The molecule has 4 rings (SSSR count). The van der Waals surface area contributed by atoms with Crippen LogP contribution in [0.2, 0.25) is 0 Å². The summed E-state index contributed by atoms with van der Waals surface area (Å²) in [5.74, 6) is -1.64. The Morgan fingerprint density at radius 3 is 2.29 bits per heavy atom. The normalized spacial score (nSPS) is 19.9. The molecule has 1 aliphatic heterocycles. The van der Waals surface area contributed by atoms with Crippen LogP contribution in [0.5, 0.6) is 0 Å². The first-order valence-corrected chi connectivity index (χ1v) is 11.7. The van der Waals surface area contributed by atoms with Gasteiger partial charge in [0.05, 0.1) is 6.10 Å². The minimum absolute atomic E-state index is 0.0199. The van der Waals surface area contributed by atoms with Gasteiger partial charge < -0.3 is 25.2 Å². The lowest BCUT2D eigenvalue weighted by molar-refractivity contribution is -0.148. The van der Waals surface area contributed by atoms with Crippen molar-refractivity contribution in [3.05, 3.63) is 59.7 Å². The maximum absolute atomic E-state index is 12.7. The van der Waals surface area contributed by atoms with Gasteiger partial charge in [0.2, 0.25) is 5.91 Å². The molecule has 8 nitrogen and oxygen atoms in total. The lowest BCUT2D eigenvalue weighted by Crippen LogP contribution is -2.42. The first kappa shape index (κ1) is 23.8. The third-order valence-corrected chi connectivity index (χ3v) is 6.80. The van der Waals surface area contributed by atoms with Gasteiger partial charge in [-0.15, -0.1) is 0 Å². The first-order chi connectivity index (χ1) is 16.4. The number of hydrogen-bond acceptors (Lipinski definition) is 5. The summed E-state index contributed by atoms with van der Waals surface area (Å²) in [6.07, 6.45) is -0.618. The predicted octanol–water partition coefficient (Wildman–Crippen LogP) is 2.99. The number of carbonyl (C=O) groups excluding carboxylic acids is 2. The highest BCUT2D eigenvalue weighted by Gasteiger charge is 2.39. The minimum Gasteiger partial charge on any atom is -0.480 e. The molecule has 0 aromatic heterocycles. The Morgan fingerprint density at radius 2 is 1.71 bits per heavy atom. The molecule has 0 saturated carbocycles. The molecular weight excluding hydrogens is 436 g/mol. The van der Waals surface area contributed by atoms with E-state index < -0.39 is 24.2 Å². The first-order valence-electron chi connectivity index (χ1n) is 11.7. The van der Waals surface area contributed by atoms with E-state index in [4.69, 9.17) is 4.74 Å². The molecule has 3 atom stereocenters. The third kappa shape index (κ3) is 4.92. The zero-order valence-electron chi connectivity index (χ0n) is 19.1. The topological polar surface area (TPSA) is 116 Å². The lowest BCUT2D eigenvalue weighted by Gasteiger charge is -2.24. The predicted molar refractivity (Wildman–Crippen MR) is 125 cm³/mol.